The van der Waals surface area contributed by atoms with Crippen LogP contribution in [0, 0.1) is 5.41 Å². The van der Waals surface area contributed by atoms with Crippen molar-refractivity contribution in [2.24, 2.45) is 5.41 Å². The summed E-state index contributed by atoms with van der Waals surface area (Å²) < 4.78 is 10.7. The summed E-state index contributed by atoms with van der Waals surface area (Å²) in [5.74, 6) is 1.08. The zero-order valence-electron chi connectivity index (χ0n) is 14.4. The molecule has 1 aromatic rings. The summed E-state index contributed by atoms with van der Waals surface area (Å²) in [5.41, 5.74) is 1.27. The standard InChI is InChI=1S/C19H27NO3/c1-19-10-11-20(17(19)9-8-16(13-19)23-3)18(21)12-14-4-6-15(22-2)7-5-14/h4-7,16-17H,8-13H2,1-3H3/t16-,17-,19+/m1/s1. The van der Waals surface area contributed by atoms with Gasteiger partial charge in [0.05, 0.1) is 19.6 Å². The molecule has 2 aliphatic rings. The summed E-state index contributed by atoms with van der Waals surface area (Å²) in [6.07, 6.45) is 5.11. The highest BCUT2D eigenvalue weighted by Crippen LogP contribution is 2.47. The maximum atomic E-state index is 12.8. The number of likely N-dealkylation sites (tertiary alicyclic amines) is 1. The highest BCUT2D eigenvalue weighted by molar-refractivity contribution is 5.79. The second kappa shape index (κ2) is 6.52. The maximum Gasteiger partial charge on any atom is 0.227 e. The monoisotopic (exact) mass is 317 g/mol. The largest absolute Gasteiger partial charge is 0.497 e. The van der Waals surface area contributed by atoms with Crippen molar-refractivity contribution in [2.45, 2.75) is 51.2 Å². The number of carbonyl (C=O) groups is 1. The van der Waals surface area contributed by atoms with Crippen LogP contribution in [0.2, 0.25) is 0 Å². The number of rotatable bonds is 4. The molecule has 0 N–H and O–H groups in total. The molecule has 4 nitrogen and oxygen atoms in total. The van der Waals surface area contributed by atoms with Crippen molar-refractivity contribution >= 4 is 5.91 Å². The van der Waals surface area contributed by atoms with E-state index in [9.17, 15) is 4.79 Å². The van der Waals surface area contributed by atoms with Crippen LogP contribution < -0.4 is 4.74 Å². The lowest BCUT2D eigenvalue weighted by Gasteiger charge is -2.42. The van der Waals surface area contributed by atoms with Crippen LogP contribution in [0.3, 0.4) is 0 Å². The molecule has 3 atom stereocenters. The first-order valence-electron chi connectivity index (χ1n) is 8.51. The Kier molecular flexibility index (Phi) is 4.62. The Morgan fingerprint density at radius 2 is 2.00 bits per heavy atom. The van der Waals surface area contributed by atoms with Crippen molar-refractivity contribution in [2.75, 3.05) is 20.8 Å². The fourth-order valence-electron chi connectivity index (χ4n) is 4.30. The van der Waals surface area contributed by atoms with E-state index in [4.69, 9.17) is 9.47 Å². The van der Waals surface area contributed by atoms with Gasteiger partial charge in [0.1, 0.15) is 5.75 Å². The Bertz CT molecular complexity index is 556. The van der Waals surface area contributed by atoms with Gasteiger partial charge in [0.2, 0.25) is 5.91 Å². The molecule has 1 aliphatic heterocycles. The molecule has 0 spiro atoms. The number of benzene rings is 1. The molecule has 126 valence electrons. The van der Waals surface area contributed by atoms with Crippen LogP contribution >= 0.6 is 0 Å². The van der Waals surface area contributed by atoms with Crippen LogP contribution in [-0.4, -0.2) is 43.7 Å². The lowest BCUT2D eigenvalue weighted by molar-refractivity contribution is -0.133. The molecule has 0 radical (unpaired) electrons. The number of hydrogen-bond acceptors (Lipinski definition) is 3. The summed E-state index contributed by atoms with van der Waals surface area (Å²) >= 11 is 0. The second-order valence-electron chi connectivity index (χ2n) is 7.17. The van der Waals surface area contributed by atoms with Gasteiger partial charge in [-0.25, -0.2) is 0 Å². The molecular formula is C19H27NO3. The first-order chi connectivity index (χ1) is 11.1. The minimum atomic E-state index is 0.217. The summed E-state index contributed by atoms with van der Waals surface area (Å²) in [6, 6.07) is 8.17. The smallest absolute Gasteiger partial charge is 0.227 e. The Labute approximate surface area is 138 Å². The van der Waals surface area contributed by atoms with Gasteiger partial charge in [0.15, 0.2) is 0 Å². The fourth-order valence-corrected chi connectivity index (χ4v) is 4.30. The summed E-state index contributed by atoms with van der Waals surface area (Å²) in [7, 11) is 3.46. The Morgan fingerprint density at radius 3 is 2.65 bits per heavy atom. The van der Waals surface area contributed by atoms with Crippen LogP contribution in [0.1, 0.15) is 38.2 Å². The molecule has 0 unspecified atom stereocenters. The van der Waals surface area contributed by atoms with Crippen LogP contribution in [0.25, 0.3) is 0 Å². The summed E-state index contributed by atoms with van der Waals surface area (Å²) in [6.45, 7) is 3.20. The highest BCUT2D eigenvalue weighted by Gasteiger charge is 2.49. The molecule has 1 saturated carbocycles. The normalized spacial score (nSPS) is 30.1. The van der Waals surface area contributed by atoms with Gasteiger partial charge in [-0.2, -0.15) is 0 Å². The van der Waals surface area contributed by atoms with E-state index < -0.39 is 0 Å². The van der Waals surface area contributed by atoms with Gasteiger partial charge in [-0.3, -0.25) is 4.79 Å². The molecule has 0 bridgehead atoms. The second-order valence-corrected chi connectivity index (χ2v) is 7.17. The predicted octanol–water partition coefficient (Wildman–Crippen LogP) is 3.04. The van der Waals surface area contributed by atoms with Gasteiger partial charge in [-0.05, 0) is 48.8 Å². The van der Waals surface area contributed by atoms with Crippen molar-refractivity contribution in [3.05, 3.63) is 29.8 Å². The molecule has 4 heteroatoms. The third-order valence-corrected chi connectivity index (χ3v) is 5.73. The Morgan fingerprint density at radius 1 is 1.26 bits per heavy atom. The first kappa shape index (κ1) is 16.3. The molecule has 1 aliphatic carbocycles. The van der Waals surface area contributed by atoms with Crippen LogP contribution in [0.15, 0.2) is 24.3 Å². The average Bonchev–Trinajstić information content (AvgIpc) is 2.91. The van der Waals surface area contributed by atoms with Gasteiger partial charge in [-0.1, -0.05) is 19.1 Å². The van der Waals surface area contributed by atoms with E-state index in [1.54, 1.807) is 14.2 Å². The van der Waals surface area contributed by atoms with Gasteiger partial charge in [-0.15, -0.1) is 0 Å². The van der Waals surface area contributed by atoms with E-state index >= 15 is 0 Å². The minimum absolute atomic E-state index is 0.217. The van der Waals surface area contributed by atoms with Crippen molar-refractivity contribution in [1.82, 2.24) is 4.90 Å². The Balaban J connectivity index is 1.66. The van der Waals surface area contributed by atoms with Crippen molar-refractivity contribution in [3.63, 3.8) is 0 Å². The topological polar surface area (TPSA) is 38.8 Å². The third-order valence-electron chi connectivity index (χ3n) is 5.73. The van der Waals surface area contributed by atoms with E-state index in [-0.39, 0.29) is 11.3 Å². The molecule has 1 aromatic carbocycles. The number of hydrogen-bond donors (Lipinski definition) is 0. The lowest BCUT2D eigenvalue weighted by atomic mass is 9.71. The molecule has 23 heavy (non-hydrogen) atoms. The van der Waals surface area contributed by atoms with Crippen molar-refractivity contribution in [3.8, 4) is 5.75 Å². The number of nitrogens with zero attached hydrogens (tertiary/aromatic N) is 1. The van der Waals surface area contributed by atoms with E-state index in [0.29, 0.717) is 18.6 Å². The average molecular weight is 317 g/mol. The minimum Gasteiger partial charge on any atom is -0.497 e. The summed E-state index contributed by atoms with van der Waals surface area (Å²) in [5, 5.41) is 0. The highest BCUT2D eigenvalue weighted by atomic mass is 16.5. The van der Waals surface area contributed by atoms with E-state index in [2.05, 4.69) is 11.8 Å². The Hall–Kier alpha value is -1.55. The quantitative estimate of drug-likeness (QED) is 0.857. The molecule has 1 saturated heterocycles. The zero-order chi connectivity index (χ0) is 16.4. The number of carbonyl (C=O) groups excluding carboxylic acids is 1. The molecule has 1 amide bonds. The molecule has 0 aromatic heterocycles. The molecule has 1 heterocycles. The van der Waals surface area contributed by atoms with Gasteiger partial charge in [0.25, 0.3) is 0 Å². The summed E-state index contributed by atoms with van der Waals surface area (Å²) in [4.78, 5) is 14.9. The third kappa shape index (κ3) is 3.23. The molecule has 3 rings (SSSR count). The number of fused-ring (bicyclic) bond motifs is 1. The van der Waals surface area contributed by atoms with Crippen LogP contribution in [-0.2, 0) is 16.0 Å². The maximum absolute atomic E-state index is 12.8. The van der Waals surface area contributed by atoms with Crippen molar-refractivity contribution < 1.29 is 14.3 Å². The van der Waals surface area contributed by atoms with Crippen LogP contribution in [0.4, 0.5) is 0 Å². The first-order valence-corrected chi connectivity index (χ1v) is 8.51. The van der Waals surface area contributed by atoms with E-state index in [1.165, 1.54) is 0 Å². The zero-order valence-corrected chi connectivity index (χ0v) is 14.4. The SMILES string of the molecule is COc1ccc(CC(=O)N2CC[C@@]3(C)C[C@H](OC)CC[C@@H]23)cc1. The molecule has 2 fully saturated rings. The van der Waals surface area contributed by atoms with Crippen LogP contribution in [0.5, 0.6) is 5.75 Å². The van der Waals surface area contributed by atoms with E-state index in [0.717, 1.165) is 43.5 Å². The number of methoxy groups -OCH3 is 2. The van der Waals surface area contributed by atoms with Gasteiger partial charge >= 0.3 is 0 Å². The number of ether oxygens (including phenoxy) is 2. The lowest BCUT2D eigenvalue weighted by Crippen LogP contribution is -2.47. The predicted molar refractivity (Wildman–Crippen MR) is 89.6 cm³/mol. The number of amides is 1. The van der Waals surface area contributed by atoms with Gasteiger partial charge < -0.3 is 14.4 Å². The fraction of sp³-hybridized carbons (Fsp3) is 0.632. The van der Waals surface area contributed by atoms with E-state index in [1.807, 2.05) is 24.3 Å². The molecular weight excluding hydrogens is 290 g/mol. The van der Waals surface area contributed by atoms with Crippen molar-refractivity contribution in [1.29, 1.82) is 0 Å². The van der Waals surface area contributed by atoms with Gasteiger partial charge in [0, 0.05) is 19.7 Å².